The van der Waals surface area contributed by atoms with Gasteiger partial charge < -0.3 is 15.4 Å². The first-order valence-electron chi connectivity index (χ1n) is 6.07. The molecule has 0 radical (unpaired) electrons. The number of aliphatic hydroxyl groups is 1. The highest BCUT2D eigenvalue weighted by atomic mass is 16.3. The van der Waals surface area contributed by atoms with Crippen LogP contribution in [0.25, 0.3) is 0 Å². The van der Waals surface area contributed by atoms with Crippen molar-refractivity contribution in [2.75, 3.05) is 23.5 Å². The first kappa shape index (κ1) is 13.7. The van der Waals surface area contributed by atoms with Crippen molar-refractivity contribution in [3.05, 3.63) is 18.2 Å². The molecule has 0 bridgehead atoms. The average molecular weight is 238 g/mol. The van der Waals surface area contributed by atoms with Crippen LogP contribution in [-0.4, -0.2) is 29.3 Å². The van der Waals surface area contributed by atoms with Gasteiger partial charge in [0, 0.05) is 12.6 Å². The number of aromatic nitrogens is 1. The lowest BCUT2D eigenvalue weighted by molar-refractivity contribution is 0.295. The van der Waals surface area contributed by atoms with Crippen molar-refractivity contribution in [2.45, 2.75) is 32.7 Å². The van der Waals surface area contributed by atoms with Crippen LogP contribution in [0, 0.1) is 0 Å². The van der Waals surface area contributed by atoms with Crippen LogP contribution in [0.2, 0.25) is 0 Å². The quantitative estimate of drug-likeness (QED) is 0.494. The Morgan fingerprint density at radius 1 is 1.41 bits per heavy atom. The van der Waals surface area contributed by atoms with E-state index in [1.807, 2.05) is 18.2 Å². The number of aliphatic hydroxyl groups excluding tert-OH is 1. The van der Waals surface area contributed by atoms with Gasteiger partial charge in [0.25, 0.3) is 0 Å². The fourth-order valence-corrected chi connectivity index (χ4v) is 1.98. The van der Waals surface area contributed by atoms with E-state index in [0.29, 0.717) is 18.4 Å². The largest absolute Gasteiger partial charge is 0.395 e. The van der Waals surface area contributed by atoms with Crippen molar-refractivity contribution in [1.82, 2.24) is 4.98 Å². The third kappa shape index (κ3) is 3.57. The minimum Gasteiger partial charge on any atom is -0.395 e. The summed E-state index contributed by atoms with van der Waals surface area (Å²) in [5.74, 6) is 6.84. The van der Waals surface area contributed by atoms with Gasteiger partial charge in [-0.3, -0.25) is 0 Å². The Morgan fingerprint density at radius 2 is 2.12 bits per heavy atom. The van der Waals surface area contributed by atoms with Crippen LogP contribution in [0.3, 0.4) is 0 Å². The number of hydrazine groups is 1. The van der Waals surface area contributed by atoms with E-state index in [-0.39, 0.29) is 6.61 Å². The van der Waals surface area contributed by atoms with Gasteiger partial charge in [-0.1, -0.05) is 19.9 Å². The maximum absolute atomic E-state index is 9.15. The Balaban J connectivity index is 2.94. The Hall–Kier alpha value is -1.33. The van der Waals surface area contributed by atoms with Crippen LogP contribution in [0.15, 0.2) is 18.2 Å². The molecule has 1 aromatic heterocycles. The molecule has 1 aromatic rings. The van der Waals surface area contributed by atoms with Gasteiger partial charge in [0.1, 0.15) is 11.6 Å². The van der Waals surface area contributed by atoms with Gasteiger partial charge in [-0.2, -0.15) is 0 Å². The molecule has 17 heavy (non-hydrogen) atoms. The Bertz CT molecular complexity index is 328. The van der Waals surface area contributed by atoms with Crippen molar-refractivity contribution in [1.29, 1.82) is 0 Å². The van der Waals surface area contributed by atoms with E-state index in [4.69, 9.17) is 10.9 Å². The summed E-state index contributed by atoms with van der Waals surface area (Å²) in [4.78, 5) is 6.53. The number of nitrogens with one attached hydrogen (secondary N) is 1. The minimum absolute atomic E-state index is 0.123. The van der Waals surface area contributed by atoms with Gasteiger partial charge in [-0.25, -0.2) is 10.8 Å². The molecule has 4 N–H and O–H groups in total. The molecule has 0 amide bonds. The predicted molar refractivity (Wildman–Crippen MR) is 70.8 cm³/mol. The SMILES string of the molecule is CCC(CC)N(CCO)c1cccc(NN)n1. The van der Waals surface area contributed by atoms with Crippen LogP contribution < -0.4 is 16.2 Å². The fraction of sp³-hybridized carbons (Fsp3) is 0.583. The molecule has 1 heterocycles. The van der Waals surface area contributed by atoms with Gasteiger partial charge in [-0.05, 0) is 25.0 Å². The lowest BCUT2D eigenvalue weighted by Crippen LogP contribution is -2.37. The third-order valence-corrected chi connectivity index (χ3v) is 2.90. The zero-order valence-electron chi connectivity index (χ0n) is 10.6. The second-order valence-corrected chi connectivity index (χ2v) is 3.91. The third-order valence-electron chi connectivity index (χ3n) is 2.90. The van der Waals surface area contributed by atoms with Crippen molar-refractivity contribution in [3.8, 4) is 0 Å². The molecular weight excluding hydrogens is 216 g/mol. The lowest BCUT2D eigenvalue weighted by atomic mass is 10.1. The maximum Gasteiger partial charge on any atom is 0.142 e. The topological polar surface area (TPSA) is 74.4 Å². The number of nitrogens with zero attached hydrogens (tertiary/aromatic N) is 2. The van der Waals surface area contributed by atoms with Gasteiger partial charge in [-0.15, -0.1) is 0 Å². The number of nitrogen functional groups attached to an aromatic ring is 1. The standard InChI is InChI=1S/C12H22N4O/c1-3-10(4-2)16(8-9-17)12-7-5-6-11(14-12)15-13/h5-7,10,17H,3-4,8-9,13H2,1-2H3,(H,14,15). The highest BCUT2D eigenvalue weighted by Gasteiger charge is 2.16. The van der Waals surface area contributed by atoms with Crippen molar-refractivity contribution in [3.63, 3.8) is 0 Å². The second kappa shape index (κ2) is 7.09. The molecule has 0 saturated heterocycles. The molecule has 0 saturated carbocycles. The fourth-order valence-electron chi connectivity index (χ4n) is 1.98. The van der Waals surface area contributed by atoms with Crippen molar-refractivity contribution >= 4 is 11.6 Å². The lowest BCUT2D eigenvalue weighted by Gasteiger charge is -2.31. The van der Waals surface area contributed by atoms with Crippen molar-refractivity contribution < 1.29 is 5.11 Å². The van der Waals surface area contributed by atoms with Crippen LogP contribution >= 0.6 is 0 Å². The van der Waals surface area contributed by atoms with Crippen LogP contribution in [0.5, 0.6) is 0 Å². The normalized spacial score (nSPS) is 10.6. The number of rotatable bonds is 7. The molecule has 0 fully saturated rings. The van der Waals surface area contributed by atoms with E-state index in [1.165, 1.54) is 0 Å². The van der Waals surface area contributed by atoms with E-state index in [0.717, 1.165) is 18.7 Å². The van der Waals surface area contributed by atoms with E-state index in [1.54, 1.807) is 0 Å². The van der Waals surface area contributed by atoms with E-state index in [9.17, 15) is 0 Å². The highest BCUT2D eigenvalue weighted by Crippen LogP contribution is 2.19. The zero-order chi connectivity index (χ0) is 12.7. The van der Waals surface area contributed by atoms with Crippen LogP contribution in [-0.2, 0) is 0 Å². The number of pyridine rings is 1. The molecule has 5 heteroatoms. The molecule has 0 atom stereocenters. The summed E-state index contributed by atoms with van der Waals surface area (Å²) in [6, 6.07) is 6.05. The zero-order valence-corrected chi connectivity index (χ0v) is 10.6. The molecule has 1 rings (SSSR count). The first-order chi connectivity index (χ1) is 8.26. The van der Waals surface area contributed by atoms with E-state index < -0.39 is 0 Å². The van der Waals surface area contributed by atoms with E-state index in [2.05, 4.69) is 29.2 Å². The van der Waals surface area contributed by atoms with Gasteiger partial charge in [0.15, 0.2) is 0 Å². The smallest absolute Gasteiger partial charge is 0.142 e. The van der Waals surface area contributed by atoms with Crippen LogP contribution in [0.4, 0.5) is 11.6 Å². The monoisotopic (exact) mass is 238 g/mol. The average Bonchev–Trinajstić information content (AvgIpc) is 2.39. The van der Waals surface area contributed by atoms with Gasteiger partial charge in [0.05, 0.1) is 6.61 Å². The number of hydrogen-bond donors (Lipinski definition) is 3. The first-order valence-corrected chi connectivity index (χ1v) is 6.07. The summed E-state index contributed by atoms with van der Waals surface area (Å²) in [6.45, 7) is 5.00. The van der Waals surface area contributed by atoms with Crippen LogP contribution in [0.1, 0.15) is 26.7 Å². The molecule has 96 valence electrons. The minimum atomic E-state index is 0.123. The molecule has 0 aliphatic carbocycles. The summed E-state index contributed by atoms with van der Waals surface area (Å²) in [5, 5.41) is 9.15. The maximum atomic E-state index is 9.15. The number of hydrogen-bond acceptors (Lipinski definition) is 5. The molecular formula is C12H22N4O. The summed E-state index contributed by atoms with van der Waals surface area (Å²) >= 11 is 0. The van der Waals surface area contributed by atoms with Gasteiger partial charge >= 0.3 is 0 Å². The Morgan fingerprint density at radius 3 is 2.65 bits per heavy atom. The van der Waals surface area contributed by atoms with E-state index >= 15 is 0 Å². The molecule has 0 aromatic carbocycles. The second-order valence-electron chi connectivity index (χ2n) is 3.91. The van der Waals surface area contributed by atoms with Crippen molar-refractivity contribution in [2.24, 2.45) is 5.84 Å². The summed E-state index contributed by atoms with van der Waals surface area (Å²) < 4.78 is 0. The Kier molecular flexibility index (Phi) is 5.72. The molecule has 5 nitrogen and oxygen atoms in total. The van der Waals surface area contributed by atoms with Gasteiger partial charge in [0.2, 0.25) is 0 Å². The molecule has 0 aliphatic rings. The molecule has 0 aliphatic heterocycles. The number of anilines is 2. The Labute approximate surface area is 103 Å². The predicted octanol–water partition coefficient (Wildman–Crippen LogP) is 1.35. The summed E-state index contributed by atoms with van der Waals surface area (Å²) in [7, 11) is 0. The molecule has 0 unspecified atom stereocenters. The number of nitrogens with two attached hydrogens (primary N) is 1. The highest BCUT2D eigenvalue weighted by molar-refractivity contribution is 5.47. The molecule has 0 spiro atoms. The summed E-state index contributed by atoms with van der Waals surface area (Å²) in [6.07, 6.45) is 2.05. The summed E-state index contributed by atoms with van der Waals surface area (Å²) in [5.41, 5.74) is 2.54.